The van der Waals surface area contributed by atoms with Crippen molar-refractivity contribution in [2.75, 3.05) is 12.3 Å². The van der Waals surface area contributed by atoms with Crippen molar-refractivity contribution in [1.82, 2.24) is 5.32 Å². The van der Waals surface area contributed by atoms with Crippen LogP contribution in [0.15, 0.2) is 42.5 Å². The van der Waals surface area contributed by atoms with Crippen LogP contribution in [-0.4, -0.2) is 24.3 Å². The number of halogens is 2. The van der Waals surface area contributed by atoms with Gasteiger partial charge >= 0.3 is 0 Å². The Hall–Kier alpha value is -1.36. The van der Waals surface area contributed by atoms with E-state index >= 15 is 0 Å². The highest BCUT2D eigenvalue weighted by atomic mass is 35.5. The molecule has 0 spiro atoms. The number of carbonyl (C=O) groups excluding carboxylic acids is 1. The molecule has 0 fully saturated rings. The minimum atomic E-state index is -0.510. The van der Waals surface area contributed by atoms with Crippen LogP contribution < -0.4 is 10.1 Å². The quantitative estimate of drug-likeness (QED) is 0.552. The van der Waals surface area contributed by atoms with Gasteiger partial charge < -0.3 is 10.1 Å². The Morgan fingerprint density at radius 1 is 1.19 bits per heavy atom. The van der Waals surface area contributed by atoms with E-state index < -0.39 is 6.10 Å². The van der Waals surface area contributed by atoms with E-state index in [0.717, 1.165) is 27.7 Å². The molecule has 0 radical (unpaired) electrons. The van der Waals surface area contributed by atoms with Crippen LogP contribution in [0.1, 0.15) is 24.5 Å². The number of hydrogen-bond donors (Lipinski definition) is 1. The molecule has 1 amide bonds. The van der Waals surface area contributed by atoms with Gasteiger partial charge in [0.15, 0.2) is 6.10 Å². The summed E-state index contributed by atoms with van der Waals surface area (Å²) in [6.45, 7) is 4.43. The van der Waals surface area contributed by atoms with Crippen LogP contribution in [0.5, 0.6) is 5.75 Å². The molecule has 0 heterocycles. The van der Waals surface area contributed by atoms with Crippen molar-refractivity contribution < 1.29 is 9.53 Å². The third kappa shape index (κ3) is 6.42. The summed E-state index contributed by atoms with van der Waals surface area (Å²) in [6, 6.07) is 13.2. The van der Waals surface area contributed by atoms with E-state index in [1.54, 1.807) is 23.9 Å². The molecule has 1 N–H and O–H groups in total. The van der Waals surface area contributed by atoms with Crippen LogP contribution in [-0.2, 0) is 10.5 Å². The zero-order chi connectivity index (χ0) is 18.9. The molecular formula is C20H23Cl2NO2S. The first-order chi connectivity index (χ1) is 12.5. The van der Waals surface area contributed by atoms with Gasteiger partial charge in [-0.05, 0) is 48.7 Å². The molecule has 0 aromatic heterocycles. The lowest BCUT2D eigenvalue weighted by Gasteiger charge is -2.17. The smallest absolute Gasteiger partial charge is 0.261 e. The Morgan fingerprint density at radius 3 is 2.65 bits per heavy atom. The van der Waals surface area contributed by atoms with E-state index in [2.05, 4.69) is 5.32 Å². The van der Waals surface area contributed by atoms with Crippen molar-refractivity contribution in [2.45, 2.75) is 32.1 Å². The molecule has 0 aliphatic rings. The monoisotopic (exact) mass is 411 g/mol. The molecule has 0 unspecified atom stereocenters. The van der Waals surface area contributed by atoms with Crippen LogP contribution in [0.25, 0.3) is 0 Å². The first kappa shape index (κ1) is 20.9. The lowest BCUT2D eigenvalue weighted by atomic mass is 10.2. The molecule has 2 aromatic rings. The standard InChI is InChI=1S/C20H23Cl2NO2S/c1-3-19(25-16-8-9-17(21)14(2)12-16)20(24)23-10-11-26-13-15-6-4-5-7-18(15)22/h4-9,12,19H,3,10-11,13H2,1-2H3,(H,23,24)/t19-/m0/s1. The van der Waals surface area contributed by atoms with Crippen molar-refractivity contribution in [3.63, 3.8) is 0 Å². The highest BCUT2D eigenvalue weighted by Gasteiger charge is 2.18. The molecule has 6 heteroatoms. The molecule has 0 aliphatic carbocycles. The fourth-order valence-electron chi connectivity index (χ4n) is 2.33. The number of benzene rings is 2. The molecule has 0 bridgehead atoms. The Morgan fingerprint density at radius 2 is 1.96 bits per heavy atom. The van der Waals surface area contributed by atoms with Crippen molar-refractivity contribution in [2.24, 2.45) is 0 Å². The Balaban J connectivity index is 1.74. The Labute approximate surface area is 169 Å². The third-order valence-corrected chi connectivity index (χ3v) is 5.63. The normalized spacial score (nSPS) is 11.8. The van der Waals surface area contributed by atoms with Crippen LogP contribution in [0.2, 0.25) is 10.0 Å². The summed E-state index contributed by atoms with van der Waals surface area (Å²) < 4.78 is 5.81. The second-order valence-electron chi connectivity index (χ2n) is 5.86. The van der Waals surface area contributed by atoms with Crippen LogP contribution in [0, 0.1) is 6.92 Å². The van der Waals surface area contributed by atoms with E-state index in [1.165, 1.54) is 0 Å². The van der Waals surface area contributed by atoms with Crippen LogP contribution in [0.3, 0.4) is 0 Å². The van der Waals surface area contributed by atoms with Gasteiger partial charge in [0.1, 0.15) is 5.75 Å². The fraction of sp³-hybridized carbons (Fsp3) is 0.350. The molecule has 0 saturated heterocycles. The van der Waals surface area contributed by atoms with Gasteiger partial charge in [0.05, 0.1) is 0 Å². The minimum absolute atomic E-state index is 0.0987. The summed E-state index contributed by atoms with van der Waals surface area (Å²) in [5.74, 6) is 2.20. The number of hydrogen-bond acceptors (Lipinski definition) is 3. The van der Waals surface area contributed by atoms with Gasteiger partial charge in [0.2, 0.25) is 0 Å². The number of ether oxygens (including phenoxy) is 1. The van der Waals surface area contributed by atoms with Gasteiger partial charge in [-0.3, -0.25) is 4.79 Å². The van der Waals surface area contributed by atoms with E-state index in [-0.39, 0.29) is 5.91 Å². The first-order valence-electron chi connectivity index (χ1n) is 8.53. The third-order valence-electron chi connectivity index (χ3n) is 3.83. The van der Waals surface area contributed by atoms with Gasteiger partial charge in [-0.25, -0.2) is 0 Å². The van der Waals surface area contributed by atoms with Gasteiger partial charge in [-0.2, -0.15) is 11.8 Å². The Bertz CT molecular complexity index is 740. The maximum atomic E-state index is 12.3. The van der Waals surface area contributed by atoms with Crippen molar-refractivity contribution >= 4 is 40.9 Å². The number of nitrogens with one attached hydrogen (secondary N) is 1. The maximum Gasteiger partial charge on any atom is 0.261 e. The zero-order valence-corrected chi connectivity index (χ0v) is 17.3. The number of thioether (sulfide) groups is 1. The van der Waals surface area contributed by atoms with Gasteiger partial charge in [-0.15, -0.1) is 0 Å². The van der Waals surface area contributed by atoms with Crippen molar-refractivity contribution in [3.05, 3.63) is 63.6 Å². The molecule has 2 rings (SSSR count). The second kappa shape index (κ2) is 10.7. The lowest BCUT2D eigenvalue weighted by molar-refractivity contribution is -0.127. The summed E-state index contributed by atoms with van der Waals surface area (Å²) in [5, 5.41) is 4.40. The number of amides is 1. The number of aryl methyl sites for hydroxylation is 1. The fourth-order valence-corrected chi connectivity index (χ4v) is 3.60. The van der Waals surface area contributed by atoms with E-state index in [9.17, 15) is 4.79 Å². The summed E-state index contributed by atoms with van der Waals surface area (Å²) in [4.78, 5) is 12.3. The summed E-state index contributed by atoms with van der Waals surface area (Å²) >= 11 is 13.9. The number of rotatable bonds is 9. The van der Waals surface area contributed by atoms with E-state index in [1.807, 2.05) is 44.2 Å². The second-order valence-corrected chi connectivity index (χ2v) is 7.78. The largest absolute Gasteiger partial charge is 0.481 e. The maximum absolute atomic E-state index is 12.3. The predicted octanol–water partition coefficient (Wildman–Crippen LogP) is 5.51. The predicted molar refractivity (Wildman–Crippen MR) is 112 cm³/mol. The summed E-state index contributed by atoms with van der Waals surface area (Å²) in [7, 11) is 0. The first-order valence-corrected chi connectivity index (χ1v) is 10.4. The number of carbonyl (C=O) groups is 1. The van der Waals surface area contributed by atoms with E-state index in [0.29, 0.717) is 23.7 Å². The molecule has 3 nitrogen and oxygen atoms in total. The molecule has 0 aliphatic heterocycles. The molecular weight excluding hydrogens is 389 g/mol. The molecule has 26 heavy (non-hydrogen) atoms. The minimum Gasteiger partial charge on any atom is -0.481 e. The topological polar surface area (TPSA) is 38.3 Å². The van der Waals surface area contributed by atoms with Gasteiger partial charge in [0, 0.05) is 28.1 Å². The zero-order valence-electron chi connectivity index (χ0n) is 14.9. The summed E-state index contributed by atoms with van der Waals surface area (Å²) in [5.41, 5.74) is 2.04. The highest BCUT2D eigenvalue weighted by molar-refractivity contribution is 7.98. The van der Waals surface area contributed by atoms with Crippen molar-refractivity contribution in [1.29, 1.82) is 0 Å². The highest BCUT2D eigenvalue weighted by Crippen LogP contribution is 2.23. The van der Waals surface area contributed by atoms with Gasteiger partial charge in [-0.1, -0.05) is 48.3 Å². The van der Waals surface area contributed by atoms with Gasteiger partial charge in [0.25, 0.3) is 5.91 Å². The molecule has 1 atom stereocenters. The molecule has 140 valence electrons. The molecule has 0 saturated carbocycles. The van der Waals surface area contributed by atoms with E-state index in [4.69, 9.17) is 27.9 Å². The summed E-state index contributed by atoms with van der Waals surface area (Å²) in [6.07, 6.45) is 0.0874. The average molecular weight is 412 g/mol. The Kier molecular flexibility index (Phi) is 8.63. The average Bonchev–Trinajstić information content (AvgIpc) is 2.63. The van der Waals surface area contributed by atoms with Crippen molar-refractivity contribution in [3.8, 4) is 5.75 Å². The van der Waals surface area contributed by atoms with Crippen LogP contribution >= 0.6 is 35.0 Å². The SMILES string of the molecule is CC[C@H](Oc1ccc(Cl)c(C)c1)C(=O)NCCSCc1ccccc1Cl. The lowest BCUT2D eigenvalue weighted by Crippen LogP contribution is -2.39. The van der Waals surface area contributed by atoms with Crippen LogP contribution in [0.4, 0.5) is 0 Å². The molecule has 2 aromatic carbocycles.